The summed E-state index contributed by atoms with van der Waals surface area (Å²) in [6.07, 6.45) is 1.24. The SMILES string of the molecule is Nc1ccc(NS(=O)(=O)c2cc(F)ccc2F)nc1. The van der Waals surface area contributed by atoms with Crippen molar-refractivity contribution in [3.05, 3.63) is 48.2 Å². The number of nitrogens with two attached hydrogens (primary N) is 1. The van der Waals surface area contributed by atoms with Crippen molar-refractivity contribution in [3.63, 3.8) is 0 Å². The molecule has 0 radical (unpaired) electrons. The van der Waals surface area contributed by atoms with Crippen LogP contribution in [0.15, 0.2) is 41.4 Å². The first-order chi connectivity index (χ1) is 8.88. The molecular formula is C11H9F2N3O2S. The molecular weight excluding hydrogens is 276 g/mol. The number of halogens is 2. The molecule has 0 aliphatic rings. The molecule has 0 aliphatic heterocycles. The number of aromatic nitrogens is 1. The van der Waals surface area contributed by atoms with Gasteiger partial charge in [0.15, 0.2) is 0 Å². The van der Waals surface area contributed by atoms with Gasteiger partial charge in [0, 0.05) is 0 Å². The highest BCUT2D eigenvalue weighted by Gasteiger charge is 2.20. The first-order valence-corrected chi connectivity index (χ1v) is 6.56. The van der Waals surface area contributed by atoms with Crippen molar-refractivity contribution in [2.24, 2.45) is 0 Å². The Morgan fingerprint density at radius 3 is 2.53 bits per heavy atom. The molecule has 2 aromatic rings. The van der Waals surface area contributed by atoms with Gasteiger partial charge in [0.2, 0.25) is 0 Å². The monoisotopic (exact) mass is 285 g/mol. The smallest absolute Gasteiger partial charge is 0.266 e. The lowest BCUT2D eigenvalue weighted by Crippen LogP contribution is -2.15. The summed E-state index contributed by atoms with van der Waals surface area (Å²) in [6, 6.07) is 4.89. The molecule has 0 atom stereocenters. The van der Waals surface area contributed by atoms with Crippen molar-refractivity contribution in [1.29, 1.82) is 0 Å². The van der Waals surface area contributed by atoms with E-state index >= 15 is 0 Å². The molecule has 0 bridgehead atoms. The summed E-state index contributed by atoms with van der Waals surface area (Å²) < 4.78 is 52.2. The fourth-order valence-electron chi connectivity index (χ4n) is 1.34. The second-order valence-corrected chi connectivity index (χ2v) is 5.31. The Balaban J connectivity index is 2.37. The Bertz CT molecular complexity index is 702. The molecule has 8 heteroatoms. The summed E-state index contributed by atoms with van der Waals surface area (Å²) in [6.45, 7) is 0. The van der Waals surface area contributed by atoms with Crippen LogP contribution in [0.5, 0.6) is 0 Å². The van der Waals surface area contributed by atoms with E-state index < -0.39 is 26.6 Å². The molecule has 0 unspecified atom stereocenters. The standard InChI is InChI=1S/C11H9F2N3O2S/c12-7-1-3-9(13)10(5-7)19(17,18)16-11-4-2-8(14)6-15-11/h1-6H,14H2,(H,15,16). The second kappa shape index (κ2) is 4.81. The summed E-state index contributed by atoms with van der Waals surface area (Å²) in [4.78, 5) is 2.92. The molecule has 1 heterocycles. The summed E-state index contributed by atoms with van der Waals surface area (Å²) in [5, 5.41) is 0. The first kappa shape index (κ1) is 13.2. The minimum absolute atomic E-state index is 0.0436. The Labute approximate surface area is 108 Å². The van der Waals surface area contributed by atoms with E-state index in [2.05, 4.69) is 4.98 Å². The molecule has 1 aromatic carbocycles. The normalized spacial score (nSPS) is 11.3. The summed E-state index contributed by atoms with van der Waals surface area (Å²) >= 11 is 0. The van der Waals surface area contributed by atoms with Crippen molar-refractivity contribution in [1.82, 2.24) is 4.98 Å². The van der Waals surface area contributed by atoms with Crippen LogP contribution in [0.25, 0.3) is 0 Å². The molecule has 0 saturated heterocycles. The van der Waals surface area contributed by atoms with E-state index in [1.165, 1.54) is 18.3 Å². The summed E-state index contributed by atoms with van der Waals surface area (Å²) in [5.41, 5.74) is 5.74. The molecule has 0 aliphatic carbocycles. The van der Waals surface area contributed by atoms with Crippen molar-refractivity contribution in [3.8, 4) is 0 Å². The number of benzene rings is 1. The van der Waals surface area contributed by atoms with Crippen LogP contribution in [-0.2, 0) is 10.0 Å². The van der Waals surface area contributed by atoms with E-state index in [9.17, 15) is 17.2 Å². The number of hydrogen-bond donors (Lipinski definition) is 2. The fraction of sp³-hybridized carbons (Fsp3) is 0. The maximum absolute atomic E-state index is 13.4. The molecule has 2 rings (SSSR count). The Hall–Kier alpha value is -2.22. The zero-order chi connectivity index (χ0) is 14.0. The molecule has 0 amide bonds. The minimum atomic E-state index is -4.25. The van der Waals surface area contributed by atoms with E-state index in [1.54, 1.807) is 0 Å². The third-order valence-electron chi connectivity index (χ3n) is 2.21. The van der Waals surface area contributed by atoms with Gasteiger partial charge in [-0.05, 0) is 30.3 Å². The fourth-order valence-corrected chi connectivity index (χ4v) is 2.44. The van der Waals surface area contributed by atoms with Crippen molar-refractivity contribution >= 4 is 21.5 Å². The van der Waals surface area contributed by atoms with Gasteiger partial charge >= 0.3 is 0 Å². The van der Waals surface area contributed by atoms with Crippen LogP contribution in [0.4, 0.5) is 20.3 Å². The van der Waals surface area contributed by atoms with Crippen molar-refractivity contribution in [2.75, 3.05) is 10.5 Å². The number of pyridine rings is 1. The van der Waals surface area contributed by atoms with Crippen LogP contribution in [0.1, 0.15) is 0 Å². The summed E-state index contributed by atoms with van der Waals surface area (Å²) in [5.74, 6) is -1.95. The van der Waals surface area contributed by atoms with Crippen LogP contribution < -0.4 is 10.5 Å². The van der Waals surface area contributed by atoms with Crippen LogP contribution in [0.2, 0.25) is 0 Å². The zero-order valence-electron chi connectivity index (χ0n) is 9.47. The predicted octanol–water partition coefficient (Wildman–Crippen LogP) is 1.74. The Morgan fingerprint density at radius 2 is 1.89 bits per heavy atom. The highest BCUT2D eigenvalue weighted by molar-refractivity contribution is 7.92. The lowest BCUT2D eigenvalue weighted by Gasteiger charge is -2.08. The molecule has 0 fully saturated rings. The van der Waals surface area contributed by atoms with Crippen LogP contribution in [0, 0.1) is 11.6 Å². The maximum atomic E-state index is 13.4. The first-order valence-electron chi connectivity index (χ1n) is 5.08. The van der Waals surface area contributed by atoms with Gasteiger partial charge in [0.25, 0.3) is 10.0 Å². The highest BCUT2D eigenvalue weighted by atomic mass is 32.2. The lowest BCUT2D eigenvalue weighted by atomic mass is 10.3. The van der Waals surface area contributed by atoms with Crippen molar-refractivity contribution in [2.45, 2.75) is 4.90 Å². The minimum Gasteiger partial charge on any atom is -0.397 e. The van der Waals surface area contributed by atoms with Gasteiger partial charge in [0.05, 0.1) is 11.9 Å². The number of nitrogen functional groups attached to an aromatic ring is 1. The molecule has 0 saturated carbocycles. The lowest BCUT2D eigenvalue weighted by molar-refractivity contribution is 0.555. The molecule has 1 aromatic heterocycles. The molecule has 0 spiro atoms. The van der Waals surface area contributed by atoms with Gasteiger partial charge in [-0.3, -0.25) is 4.72 Å². The van der Waals surface area contributed by atoms with Gasteiger partial charge in [0.1, 0.15) is 22.3 Å². The summed E-state index contributed by atoms with van der Waals surface area (Å²) in [7, 11) is -4.25. The predicted molar refractivity (Wildman–Crippen MR) is 65.8 cm³/mol. The van der Waals surface area contributed by atoms with Crippen molar-refractivity contribution < 1.29 is 17.2 Å². The quantitative estimate of drug-likeness (QED) is 0.899. The molecule has 100 valence electrons. The van der Waals surface area contributed by atoms with Gasteiger partial charge in [-0.2, -0.15) is 0 Å². The van der Waals surface area contributed by atoms with Crippen LogP contribution >= 0.6 is 0 Å². The maximum Gasteiger partial charge on any atom is 0.266 e. The third kappa shape index (κ3) is 2.97. The number of hydrogen-bond acceptors (Lipinski definition) is 4. The topological polar surface area (TPSA) is 85.1 Å². The van der Waals surface area contributed by atoms with Gasteiger partial charge in [-0.25, -0.2) is 22.2 Å². The Kier molecular flexibility index (Phi) is 3.34. The average molecular weight is 285 g/mol. The number of rotatable bonds is 3. The van der Waals surface area contributed by atoms with Gasteiger partial charge in [-0.15, -0.1) is 0 Å². The van der Waals surface area contributed by atoms with Crippen LogP contribution in [0.3, 0.4) is 0 Å². The zero-order valence-corrected chi connectivity index (χ0v) is 10.3. The molecule has 5 nitrogen and oxygen atoms in total. The van der Waals surface area contributed by atoms with E-state index in [0.29, 0.717) is 11.8 Å². The molecule has 3 N–H and O–H groups in total. The molecule has 19 heavy (non-hydrogen) atoms. The van der Waals surface area contributed by atoms with E-state index in [4.69, 9.17) is 5.73 Å². The van der Waals surface area contributed by atoms with Gasteiger partial charge in [-0.1, -0.05) is 0 Å². The van der Waals surface area contributed by atoms with E-state index in [1.807, 2.05) is 4.72 Å². The number of nitrogens with one attached hydrogen (secondary N) is 1. The van der Waals surface area contributed by atoms with E-state index in [-0.39, 0.29) is 5.82 Å². The van der Waals surface area contributed by atoms with Gasteiger partial charge < -0.3 is 5.73 Å². The van der Waals surface area contributed by atoms with E-state index in [0.717, 1.165) is 12.1 Å². The number of nitrogens with zero attached hydrogens (tertiary/aromatic N) is 1. The number of sulfonamides is 1. The third-order valence-corrected chi connectivity index (χ3v) is 3.58. The average Bonchev–Trinajstić information content (AvgIpc) is 2.35. The largest absolute Gasteiger partial charge is 0.397 e. The second-order valence-electron chi connectivity index (χ2n) is 3.66. The highest BCUT2D eigenvalue weighted by Crippen LogP contribution is 2.19. The number of anilines is 2. The Morgan fingerprint density at radius 1 is 1.16 bits per heavy atom. The van der Waals surface area contributed by atoms with Crippen LogP contribution in [-0.4, -0.2) is 13.4 Å².